The van der Waals surface area contributed by atoms with Crippen LogP contribution in [0.2, 0.25) is 0 Å². The molecule has 134 valence electrons. The molecule has 0 N–H and O–H groups in total. The van der Waals surface area contributed by atoms with Gasteiger partial charge >= 0.3 is 5.97 Å². The molecule has 0 amide bonds. The van der Waals surface area contributed by atoms with Gasteiger partial charge in [0.05, 0.1) is 13.7 Å². The summed E-state index contributed by atoms with van der Waals surface area (Å²) in [5.41, 5.74) is 2.65. The van der Waals surface area contributed by atoms with Crippen LogP contribution in [-0.4, -0.2) is 25.4 Å². The van der Waals surface area contributed by atoms with Gasteiger partial charge in [0.15, 0.2) is 0 Å². The van der Waals surface area contributed by atoms with E-state index in [1.807, 2.05) is 29.2 Å². The van der Waals surface area contributed by atoms with Crippen molar-refractivity contribution in [1.29, 1.82) is 0 Å². The van der Waals surface area contributed by atoms with Gasteiger partial charge in [-0.2, -0.15) is 0 Å². The van der Waals surface area contributed by atoms with Crippen molar-refractivity contribution in [1.82, 2.24) is 0 Å². The molecule has 0 saturated carbocycles. The quantitative estimate of drug-likeness (QED) is 0.416. The Bertz CT molecular complexity index is 792. The van der Waals surface area contributed by atoms with Gasteiger partial charge in [-0.3, -0.25) is 9.59 Å². The lowest BCUT2D eigenvalue weighted by molar-refractivity contribution is -0.143. The highest BCUT2D eigenvalue weighted by atomic mass is 19.1. The summed E-state index contributed by atoms with van der Waals surface area (Å²) in [6, 6.07) is 13.7. The smallest absolute Gasteiger partial charge is 0.313 e. The molecule has 5 heteroatoms. The Balaban J connectivity index is 2.05. The van der Waals surface area contributed by atoms with Gasteiger partial charge in [-0.05, 0) is 35.4 Å². The first-order chi connectivity index (χ1) is 12.5. The van der Waals surface area contributed by atoms with Crippen molar-refractivity contribution in [3.8, 4) is 12.3 Å². The Morgan fingerprint density at radius 2 is 1.69 bits per heavy atom. The number of carbonyl (C=O) groups is 2. The second kappa shape index (κ2) is 9.38. The van der Waals surface area contributed by atoms with Crippen LogP contribution in [0.25, 0.3) is 0 Å². The molecule has 0 heterocycles. The minimum Gasteiger partial charge on any atom is -0.469 e. The number of benzene rings is 2. The molecule has 0 spiro atoms. The molecule has 0 radical (unpaired) electrons. The zero-order valence-electron chi connectivity index (χ0n) is 14.6. The minimum absolute atomic E-state index is 0.169. The molecule has 0 aliphatic carbocycles. The molecular formula is C21H20FNO3. The highest BCUT2D eigenvalue weighted by Crippen LogP contribution is 2.19. The molecular weight excluding hydrogens is 333 g/mol. The molecule has 0 aliphatic rings. The second-order valence-corrected chi connectivity index (χ2v) is 5.82. The number of ether oxygens (including phenoxy) is 1. The first kappa shape index (κ1) is 19.2. The standard InChI is InChI=1S/C21H20FNO3/c1-3-12-23(15-17-4-8-18(22)9-5-17)19-10-6-16(7-11-19)13-20(24)14-21(25)26-2/h1,4-11H,12-15H2,2H3. The van der Waals surface area contributed by atoms with Gasteiger partial charge < -0.3 is 9.64 Å². The van der Waals surface area contributed by atoms with E-state index in [4.69, 9.17) is 6.42 Å². The Hall–Kier alpha value is -3.13. The van der Waals surface area contributed by atoms with E-state index in [2.05, 4.69) is 10.7 Å². The molecule has 4 nitrogen and oxygen atoms in total. The van der Waals surface area contributed by atoms with Crippen LogP contribution in [0.1, 0.15) is 17.5 Å². The predicted molar refractivity (Wildman–Crippen MR) is 98.1 cm³/mol. The molecule has 0 atom stereocenters. The van der Waals surface area contributed by atoms with Crippen LogP contribution in [0.15, 0.2) is 48.5 Å². The van der Waals surface area contributed by atoms with E-state index >= 15 is 0 Å². The van der Waals surface area contributed by atoms with Gasteiger partial charge in [0, 0.05) is 18.7 Å². The van der Waals surface area contributed by atoms with E-state index in [0.29, 0.717) is 13.1 Å². The Kier molecular flexibility index (Phi) is 6.92. The fourth-order valence-electron chi connectivity index (χ4n) is 2.51. The Labute approximate surface area is 152 Å². The maximum atomic E-state index is 13.0. The normalized spacial score (nSPS) is 10.0. The molecule has 2 rings (SSSR count). The molecule has 0 aliphatic heterocycles. The van der Waals surface area contributed by atoms with E-state index in [-0.39, 0.29) is 24.4 Å². The van der Waals surface area contributed by atoms with Crippen molar-refractivity contribution < 1.29 is 18.7 Å². The Morgan fingerprint density at radius 1 is 1.08 bits per heavy atom. The predicted octanol–water partition coefficient (Wildman–Crippen LogP) is 3.14. The average molecular weight is 353 g/mol. The monoisotopic (exact) mass is 353 g/mol. The van der Waals surface area contributed by atoms with Crippen molar-refractivity contribution >= 4 is 17.4 Å². The molecule has 0 fully saturated rings. The van der Waals surface area contributed by atoms with Crippen molar-refractivity contribution in [3.63, 3.8) is 0 Å². The molecule has 0 bridgehead atoms. The number of halogens is 1. The number of terminal acetylenes is 1. The van der Waals surface area contributed by atoms with Crippen molar-refractivity contribution in [2.45, 2.75) is 19.4 Å². The largest absolute Gasteiger partial charge is 0.469 e. The number of Topliss-reactive ketones (excluding diaryl/α,β-unsaturated/α-hetero) is 1. The molecule has 2 aromatic carbocycles. The summed E-state index contributed by atoms with van der Waals surface area (Å²) >= 11 is 0. The average Bonchev–Trinajstić information content (AvgIpc) is 2.63. The van der Waals surface area contributed by atoms with Crippen LogP contribution in [0.4, 0.5) is 10.1 Å². The van der Waals surface area contributed by atoms with Gasteiger partial charge in [0.25, 0.3) is 0 Å². The minimum atomic E-state index is -0.536. The van der Waals surface area contributed by atoms with Crippen LogP contribution in [0.5, 0.6) is 0 Å². The topological polar surface area (TPSA) is 46.6 Å². The molecule has 2 aromatic rings. The third-order valence-electron chi connectivity index (χ3n) is 3.84. The number of methoxy groups -OCH3 is 1. The summed E-state index contributed by atoms with van der Waals surface area (Å²) in [4.78, 5) is 24.9. The van der Waals surface area contributed by atoms with E-state index in [9.17, 15) is 14.0 Å². The summed E-state index contributed by atoms with van der Waals surface area (Å²) in [5.74, 6) is 1.61. The second-order valence-electron chi connectivity index (χ2n) is 5.82. The van der Waals surface area contributed by atoms with Gasteiger partial charge in [0.1, 0.15) is 18.0 Å². The maximum absolute atomic E-state index is 13.0. The molecule has 0 aromatic heterocycles. The molecule has 0 unspecified atom stereocenters. The summed E-state index contributed by atoms with van der Waals surface area (Å²) in [5, 5.41) is 0. The first-order valence-corrected chi connectivity index (χ1v) is 8.12. The molecule has 26 heavy (non-hydrogen) atoms. The third kappa shape index (κ3) is 5.75. The lowest BCUT2D eigenvalue weighted by Crippen LogP contribution is -2.22. The number of ketones is 1. The van der Waals surface area contributed by atoms with Crippen LogP contribution >= 0.6 is 0 Å². The summed E-state index contributed by atoms with van der Waals surface area (Å²) < 4.78 is 17.5. The number of hydrogen-bond acceptors (Lipinski definition) is 4. The van der Waals surface area contributed by atoms with E-state index < -0.39 is 5.97 Å². The number of rotatable bonds is 8. The first-order valence-electron chi connectivity index (χ1n) is 8.12. The van der Waals surface area contributed by atoms with Gasteiger partial charge in [-0.25, -0.2) is 4.39 Å². The highest BCUT2D eigenvalue weighted by molar-refractivity contribution is 5.96. The lowest BCUT2D eigenvalue weighted by atomic mass is 10.1. The van der Waals surface area contributed by atoms with Crippen LogP contribution in [0.3, 0.4) is 0 Å². The van der Waals surface area contributed by atoms with Crippen LogP contribution < -0.4 is 4.90 Å². The zero-order chi connectivity index (χ0) is 18.9. The van der Waals surface area contributed by atoms with Crippen LogP contribution in [-0.2, 0) is 27.3 Å². The summed E-state index contributed by atoms with van der Waals surface area (Å²) in [6.07, 6.45) is 5.40. The number of esters is 1. The fourth-order valence-corrected chi connectivity index (χ4v) is 2.51. The maximum Gasteiger partial charge on any atom is 0.313 e. The van der Waals surface area contributed by atoms with Crippen molar-refractivity contribution in [2.75, 3.05) is 18.6 Å². The number of hydrogen-bond donors (Lipinski definition) is 0. The van der Waals surface area contributed by atoms with Gasteiger partial charge in [-0.15, -0.1) is 6.42 Å². The lowest BCUT2D eigenvalue weighted by Gasteiger charge is -2.23. The van der Waals surface area contributed by atoms with E-state index in [1.165, 1.54) is 19.2 Å². The zero-order valence-corrected chi connectivity index (χ0v) is 14.6. The Morgan fingerprint density at radius 3 is 2.27 bits per heavy atom. The number of carbonyl (C=O) groups excluding carboxylic acids is 2. The van der Waals surface area contributed by atoms with E-state index in [0.717, 1.165) is 16.8 Å². The van der Waals surface area contributed by atoms with Crippen molar-refractivity contribution in [3.05, 3.63) is 65.5 Å². The SMILES string of the molecule is C#CCN(Cc1ccc(F)cc1)c1ccc(CC(=O)CC(=O)OC)cc1. The van der Waals surface area contributed by atoms with Gasteiger partial charge in [-0.1, -0.05) is 30.2 Å². The number of nitrogens with zero attached hydrogens (tertiary/aromatic N) is 1. The van der Waals surface area contributed by atoms with E-state index in [1.54, 1.807) is 12.1 Å². The van der Waals surface area contributed by atoms with Crippen LogP contribution in [0, 0.1) is 18.2 Å². The summed E-state index contributed by atoms with van der Waals surface area (Å²) in [6.45, 7) is 0.948. The number of anilines is 1. The van der Waals surface area contributed by atoms with Gasteiger partial charge in [0.2, 0.25) is 0 Å². The van der Waals surface area contributed by atoms with Crippen molar-refractivity contribution in [2.24, 2.45) is 0 Å². The highest BCUT2D eigenvalue weighted by Gasteiger charge is 2.11. The third-order valence-corrected chi connectivity index (χ3v) is 3.84. The molecule has 0 saturated heterocycles. The summed E-state index contributed by atoms with van der Waals surface area (Å²) in [7, 11) is 1.26. The fraction of sp³-hybridized carbons (Fsp3) is 0.238.